The van der Waals surface area contributed by atoms with Crippen LogP contribution >= 0.6 is 0 Å². The van der Waals surface area contributed by atoms with Gasteiger partial charge in [-0.05, 0) is 31.6 Å². The molecule has 1 unspecified atom stereocenters. The molecule has 0 radical (unpaired) electrons. The first-order chi connectivity index (χ1) is 10.2. The molecule has 5 nitrogen and oxygen atoms in total. The predicted octanol–water partition coefficient (Wildman–Crippen LogP) is 0.647. The molecule has 3 rings (SSSR count). The third-order valence-corrected chi connectivity index (χ3v) is 5.30. The summed E-state index contributed by atoms with van der Waals surface area (Å²) in [6.45, 7) is 5.16. The largest absolute Gasteiger partial charge is 0.396 e. The summed E-state index contributed by atoms with van der Waals surface area (Å²) in [6.07, 6.45) is 6.44. The fourth-order valence-electron chi connectivity index (χ4n) is 4.00. The molecule has 21 heavy (non-hydrogen) atoms. The molecule has 3 fully saturated rings. The maximum Gasteiger partial charge on any atom is 0.220 e. The first-order valence-corrected chi connectivity index (χ1v) is 8.55. The summed E-state index contributed by atoms with van der Waals surface area (Å²) in [5.74, 6) is 0.806. The van der Waals surface area contributed by atoms with E-state index in [1.54, 1.807) is 0 Å². The number of aliphatic hydroxyl groups excluding tert-OH is 2. The van der Waals surface area contributed by atoms with Gasteiger partial charge in [-0.15, -0.1) is 0 Å². The van der Waals surface area contributed by atoms with Crippen molar-refractivity contribution < 1.29 is 19.5 Å². The average molecular weight is 299 g/mol. The lowest BCUT2D eigenvalue weighted by Crippen LogP contribution is -2.67. The van der Waals surface area contributed by atoms with Crippen LogP contribution < -0.4 is 5.32 Å². The van der Waals surface area contributed by atoms with Crippen LogP contribution in [0.2, 0.25) is 0 Å². The second-order valence-corrected chi connectivity index (χ2v) is 6.82. The third-order valence-electron chi connectivity index (χ3n) is 5.30. The molecule has 0 aromatic heterocycles. The number of carbonyl (C=O) groups excluding carboxylic acids is 1. The van der Waals surface area contributed by atoms with E-state index >= 15 is 0 Å². The number of nitrogens with zero attached hydrogens (tertiary/aromatic N) is 1. The average Bonchev–Trinajstić information content (AvgIpc) is 2.49. The molecule has 3 aliphatic rings. The van der Waals surface area contributed by atoms with Gasteiger partial charge in [0.25, 0.3) is 0 Å². The minimum Gasteiger partial charge on any atom is -0.396 e. The summed E-state index contributed by atoms with van der Waals surface area (Å²) < 4.78 is 1.14. The molecule has 3 saturated heterocycles. The van der Waals surface area contributed by atoms with E-state index in [1.807, 2.05) is 0 Å². The van der Waals surface area contributed by atoms with Crippen LogP contribution in [0.1, 0.15) is 44.9 Å². The first-order valence-electron chi connectivity index (χ1n) is 8.55. The molecule has 1 atom stereocenters. The quantitative estimate of drug-likeness (QED) is 0.432. The fraction of sp³-hybridized carbons (Fsp3) is 0.938. The molecular formula is C16H31N2O3+. The van der Waals surface area contributed by atoms with Crippen molar-refractivity contribution in [3.05, 3.63) is 0 Å². The molecule has 122 valence electrons. The molecule has 0 saturated carbocycles. The minimum absolute atomic E-state index is 0.149. The smallest absolute Gasteiger partial charge is 0.220 e. The molecule has 2 bridgehead atoms. The maximum absolute atomic E-state index is 12.0. The number of unbranched alkanes of at least 4 members (excludes halogenated alkanes) is 2. The van der Waals surface area contributed by atoms with Gasteiger partial charge in [-0.3, -0.25) is 4.79 Å². The molecule has 3 aliphatic heterocycles. The number of amides is 1. The van der Waals surface area contributed by atoms with E-state index in [0.717, 1.165) is 36.8 Å². The van der Waals surface area contributed by atoms with Crippen LogP contribution in [0.4, 0.5) is 0 Å². The highest BCUT2D eigenvalue weighted by Gasteiger charge is 2.45. The fourth-order valence-corrected chi connectivity index (χ4v) is 4.00. The van der Waals surface area contributed by atoms with Gasteiger partial charge in [0.2, 0.25) is 5.91 Å². The zero-order valence-electron chi connectivity index (χ0n) is 13.1. The van der Waals surface area contributed by atoms with E-state index in [2.05, 4.69) is 5.32 Å². The predicted molar refractivity (Wildman–Crippen MR) is 81.6 cm³/mol. The number of quaternary nitrogens is 1. The van der Waals surface area contributed by atoms with Crippen LogP contribution in [0.25, 0.3) is 0 Å². The van der Waals surface area contributed by atoms with Gasteiger partial charge in [0.15, 0.2) is 0 Å². The van der Waals surface area contributed by atoms with E-state index in [4.69, 9.17) is 10.2 Å². The summed E-state index contributed by atoms with van der Waals surface area (Å²) in [7, 11) is 0. The number of nitrogens with one attached hydrogen (secondary N) is 1. The van der Waals surface area contributed by atoms with Crippen LogP contribution in [0.5, 0.6) is 0 Å². The van der Waals surface area contributed by atoms with Gasteiger partial charge in [-0.1, -0.05) is 0 Å². The number of piperidine rings is 3. The Hall–Kier alpha value is -0.650. The zero-order valence-corrected chi connectivity index (χ0v) is 13.1. The van der Waals surface area contributed by atoms with E-state index in [-0.39, 0.29) is 19.1 Å². The van der Waals surface area contributed by atoms with E-state index in [9.17, 15) is 4.79 Å². The topological polar surface area (TPSA) is 69.6 Å². The van der Waals surface area contributed by atoms with Crippen LogP contribution in [-0.4, -0.2) is 66.0 Å². The highest BCUT2D eigenvalue weighted by atomic mass is 16.3. The SMILES string of the molecule is O=C(CCCCO)NC1C[N+]2(CCCCO)CCC1CC2. The van der Waals surface area contributed by atoms with Crippen LogP contribution in [0.3, 0.4) is 0 Å². The standard InChI is InChI=1S/C16H30N2O3/c19-11-3-1-5-16(21)17-15-13-18(8-2-4-12-20)9-6-14(15)7-10-18/h14-15,19-20H,1-13H2/p+1. The highest BCUT2D eigenvalue weighted by Crippen LogP contribution is 2.34. The Morgan fingerprint density at radius 2 is 1.71 bits per heavy atom. The Kier molecular flexibility index (Phi) is 6.45. The second-order valence-electron chi connectivity index (χ2n) is 6.82. The van der Waals surface area contributed by atoms with Crippen molar-refractivity contribution in [1.29, 1.82) is 0 Å². The molecule has 5 heteroatoms. The summed E-state index contributed by atoms with van der Waals surface area (Å²) in [4.78, 5) is 12.0. The van der Waals surface area contributed by atoms with Gasteiger partial charge in [-0.2, -0.15) is 0 Å². The van der Waals surface area contributed by atoms with Crippen molar-refractivity contribution in [2.75, 3.05) is 39.4 Å². The van der Waals surface area contributed by atoms with E-state index in [1.165, 1.54) is 25.9 Å². The number of fused-ring (bicyclic) bond motifs is 3. The van der Waals surface area contributed by atoms with Crippen LogP contribution in [-0.2, 0) is 4.79 Å². The zero-order chi connectivity index (χ0) is 15.1. The summed E-state index contributed by atoms with van der Waals surface area (Å²) in [6, 6.07) is 0.336. The highest BCUT2D eigenvalue weighted by molar-refractivity contribution is 5.76. The molecule has 0 aromatic rings. The van der Waals surface area contributed by atoms with Gasteiger partial charge < -0.3 is 20.0 Å². The molecule has 0 aliphatic carbocycles. The Labute approximate surface area is 127 Å². The van der Waals surface area contributed by atoms with E-state index in [0.29, 0.717) is 24.8 Å². The lowest BCUT2D eigenvalue weighted by molar-refractivity contribution is -0.944. The van der Waals surface area contributed by atoms with Crippen molar-refractivity contribution >= 4 is 5.91 Å². The van der Waals surface area contributed by atoms with Crippen molar-refractivity contribution in [2.24, 2.45) is 5.92 Å². The third kappa shape index (κ3) is 4.66. The van der Waals surface area contributed by atoms with Gasteiger partial charge >= 0.3 is 0 Å². The molecule has 3 heterocycles. The van der Waals surface area contributed by atoms with Gasteiger partial charge in [0, 0.05) is 32.5 Å². The van der Waals surface area contributed by atoms with Crippen LogP contribution in [0, 0.1) is 5.92 Å². The Morgan fingerprint density at radius 1 is 1.05 bits per heavy atom. The molecular weight excluding hydrogens is 268 g/mol. The number of aliphatic hydroxyl groups is 2. The first kappa shape index (κ1) is 16.7. The van der Waals surface area contributed by atoms with Gasteiger partial charge in [0.05, 0.1) is 32.2 Å². The van der Waals surface area contributed by atoms with Gasteiger partial charge in [0.1, 0.15) is 0 Å². The lowest BCUT2D eigenvalue weighted by Gasteiger charge is -2.53. The molecule has 0 spiro atoms. The van der Waals surface area contributed by atoms with Gasteiger partial charge in [-0.25, -0.2) is 0 Å². The number of hydrogen-bond donors (Lipinski definition) is 3. The van der Waals surface area contributed by atoms with Crippen molar-refractivity contribution in [2.45, 2.75) is 51.0 Å². The Bertz CT molecular complexity index is 327. The number of rotatable bonds is 9. The molecule has 0 aromatic carbocycles. The van der Waals surface area contributed by atoms with Crippen molar-refractivity contribution in [1.82, 2.24) is 5.32 Å². The summed E-state index contributed by atoms with van der Waals surface area (Å²) >= 11 is 0. The number of carbonyl (C=O) groups is 1. The minimum atomic E-state index is 0.149. The van der Waals surface area contributed by atoms with Crippen LogP contribution in [0.15, 0.2) is 0 Å². The van der Waals surface area contributed by atoms with Crippen molar-refractivity contribution in [3.8, 4) is 0 Å². The maximum atomic E-state index is 12.0. The van der Waals surface area contributed by atoms with E-state index < -0.39 is 0 Å². The monoisotopic (exact) mass is 299 g/mol. The van der Waals surface area contributed by atoms with Crippen molar-refractivity contribution in [3.63, 3.8) is 0 Å². The summed E-state index contributed by atoms with van der Waals surface area (Å²) in [5, 5.41) is 21.0. The molecule has 3 N–H and O–H groups in total. The Morgan fingerprint density at radius 3 is 2.38 bits per heavy atom. The second kappa shape index (κ2) is 8.11. The number of hydrogen-bond acceptors (Lipinski definition) is 3. The normalized spacial score (nSPS) is 31.3. The lowest BCUT2D eigenvalue weighted by atomic mass is 9.81. The molecule has 1 amide bonds. The Balaban J connectivity index is 1.80. The summed E-state index contributed by atoms with van der Waals surface area (Å²) in [5.41, 5.74) is 0.